The average molecular weight is 364 g/mol. The quantitative estimate of drug-likeness (QED) is 0.465. The van der Waals surface area contributed by atoms with E-state index < -0.39 is 5.91 Å². The van der Waals surface area contributed by atoms with Crippen LogP contribution < -0.4 is 10.6 Å². The van der Waals surface area contributed by atoms with Crippen LogP contribution in [-0.2, 0) is 4.79 Å². The van der Waals surface area contributed by atoms with Crippen LogP contribution in [0.2, 0.25) is 5.02 Å². The van der Waals surface area contributed by atoms with Crippen LogP contribution in [0.25, 0.3) is 10.8 Å². The molecule has 1 amide bonds. The number of anilines is 2. The van der Waals surface area contributed by atoms with Gasteiger partial charge in [0.05, 0.1) is 0 Å². The lowest BCUT2D eigenvalue weighted by Crippen LogP contribution is -2.14. The third kappa shape index (κ3) is 3.77. The number of fused-ring (bicyclic) bond motifs is 1. The lowest BCUT2D eigenvalue weighted by molar-refractivity contribution is -0.112. The van der Waals surface area contributed by atoms with Crippen molar-refractivity contribution in [2.75, 3.05) is 10.6 Å². The summed E-state index contributed by atoms with van der Waals surface area (Å²) < 4.78 is 0. The Kier molecular flexibility index (Phi) is 5.07. The molecule has 0 radical (unpaired) electrons. The molecule has 0 bridgehead atoms. The number of phenolic OH excluding ortho intramolecular Hbond substituents is 1. The van der Waals surface area contributed by atoms with Gasteiger partial charge in [0.2, 0.25) is 0 Å². The summed E-state index contributed by atoms with van der Waals surface area (Å²) in [6, 6.07) is 19.0. The number of amides is 1. The summed E-state index contributed by atoms with van der Waals surface area (Å²) in [4.78, 5) is 12.4. The van der Waals surface area contributed by atoms with Crippen molar-refractivity contribution in [1.29, 1.82) is 5.26 Å². The van der Waals surface area contributed by atoms with E-state index >= 15 is 0 Å². The minimum atomic E-state index is -0.551. The molecule has 0 heterocycles. The monoisotopic (exact) mass is 363 g/mol. The summed E-state index contributed by atoms with van der Waals surface area (Å²) in [6.45, 7) is 0. The van der Waals surface area contributed by atoms with E-state index in [2.05, 4.69) is 10.6 Å². The zero-order valence-corrected chi connectivity index (χ0v) is 14.3. The van der Waals surface area contributed by atoms with Crippen LogP contribution in [0.3, 0.4) is 0 Å². The topological polar surface area (TPSA) is 85.2 Å². The predicted octanol–water partition coefficient (Wildman–Crippen LogP) is 4.66. The molecule has 0 aliphatic rings. The molecule has 3 rings (SSSR count). The van der Waals surface area contributed by atoms with Crippen molar-refractivity contribution >= 4 is 39.7 Å². The molecule has 0 saturated carbocycles. The van der Waals surface area contributed by atoms with Crippen molar-refractivity contribution in [3.05, 3.63) is 77.5 Å². The average Bonchev–Trinajstić information content (AvgIpc) is 2.64. The number of aromatic hydroxyl groups is 1. The second-order valence-corrected chi connectivity index (χ2v) is 5.89. The molecule has 0 unspecified atom stereocenters. The Hall–Kier alpha value is -3.49. The lowest BCUT2D eigenvalue weighted by atomic mass is 10.1. The Morgan fingerprint density at radius 1 is 1.04 bits per heavy atom. The molecule has 0 saturated heterocycles. The fourth-order valence-corrected chi connectivity index (χ4v) is 2.57. The molecule has 6 heteroatoms. The molecule has 0 aliphatic carbocycles. The number of phenols is 1. The van der Waals surface area contributed by atoms with Crippen molar-refractivity contribution in [3.63, 3.8) is 0 Å². The largest absolute Gasteiger partial charge is 0.507 e. The Bertz CT molecular complexity index is 1040. The zero-order valence-electron chi connectivity index (χ0n) is 13.5. The maximum Gasteiger partial charge on any atom is 0.267 e. The second kappa shape index (κ2) is 7.60. The van der Waals surface area contributed by atoms with Crippen LogP contribution in [-0.4, -0.2) is 11.0 Å². The van der Waals surface area contributed by atoms with E-state index in [9.17, 15) is 15.2 Å². The van der Waals surface area contributed by atoms with Crippen LogP contribution >= 0.6 is 11.6 Å². The molecule has 0 aliphatic heterocycles. The first-order chi connectivity index (χ1) is 12.6. The number of benzene rings is 3. The first-order valence-corrected chi connectivity index (χ1v) is 8.11. The summed E-state index contributed by atoms with van der Waals surface area (Å²) in [5, 5.41) is 26.7. The number of hydrogen-bond acceptors (Lipinski definition) is 4. The highest BCUT2D eigenvalue weighted by Gasteiger charge is 2.12. The Morgan fingerprint density at radius 2 is 1.73 bits per heavy atom. The molecular weight excluding hydrogens is 350 g/mol. The van der Waals surface area contributed by atoms with Gasteiger partial charge in [-0.2, -0.15) is 5.26 Å². The Balaban J connectivity index is 1.82. The molecule has 0 spiro atoms. The Labute approximate surface area is 155 Å². The molecule has 5 nitrogen and oxygen atoms in total. The van der Waals surface area contributed by atoms with Gasteiger partial charge in [0.1, 0.15) is 17.4 Å². The van der Waals surface area contributed by atoms with Crippen molar-refractivity contribution in [1.82, 2.24) is 0 Å². The number of carbonyl (C=O) groups excluding carboxylic acids is 1. The highest BCUT2D eigenvalue weighted by Crippen LogP contribution is 2.30. The number of nitrogens with one attached hydrogen (secondary N) is 2. The number of carbonyl (C=O) groups is 1. The van der Waals surface area contributed by atoms with E-state index in [1.54, 1.807) is 60.7 Å². The van der Waals surface area contributed by atoms with Gasteiger partial charge in [-0.15, -0.1) is 0 Å². The number of nitriles is 1. The van der Waals surface area contributed by atoms with Crippen LogP contribution in [0.5, 0.6) is 5.75 Å². The van der Waals surface area contributed by atoms with Crippen LogP contribution in [0.15, 0.2) is 72.4 Å². The second-order valence-electron chi connectivity index (χ2n) is 5.45. The maximum absolute atomic E-state index is 12.4. The van der Waals surface area contributed by atoms with Gasteiger partial charge in [0.15, 0.2) is 0 Å². The molecule has 3 aromatic rings. The van der Waals surface area contributed by atoms with Crippen molar-refractivity contribution in [2.24, 2.45) is 0 Å². The number of hydrogen-bond donors (Lipinski definition) is 3. The smallest absolute Gasteiger partial charge is 0.267 e. The highest BCUT2D eigenvalue weighted by atomic mass is 35.5. The van der Waals surface area contributed by atoms with Crippen molar-refractivity contribution in [2.45, 2.75) is 0 Å². The molecule has 128 valence electrons. The minimum absolute atomic E-state index is 0.0860. The summed E-state index contributed by atoms with van der Waals surface area (Å²) in [7, 11) is 0. The van der Waals surface area contributed by atoms with E-state index in [-0.39, 0.29) is 11.3 Å². The van der Waals surface area contributed by atoms with Crippen molar-refractivity contribution < 1.29 is 9.90 Å². The normalized spacial score (nSPS) is 11.0. The first-order valence-electron chi connectivity index (χ1n) is 7.73. The van der Waals surface area contributed by atoms with Gasteiger partial charge < -0.3 is 15.7 Å². The summed E-state index contributed by atoms with van der Waals surface area (Å²) in [6.07, 6.45) is 1.33. The molecule has 3 aromatic carbocycles. The standard InChI is InChI=1S/C20H14ClN3O2/c21-14-7-9-15(10-8-14)23-12-13(11-22)20(26)24-18-5-1-4-17-16(18)3-2-6-19(17)25/h1-10,12,23,25H,(H,24,26)/b13-12-. The maximum atomic E-state index is 12.4. The fourth-order valence-electron chi connectivity index (χ4n) is 2.44. The van der Waals surface area contributed by atoms with Gasteiger partial charge in [-0.05, 0) is 36.4 Å². The van der Waals surface area contributed by atoms with Crippen LogP contribution in [0, 0.1) is 11.3 Å². The molecule has 0 aromatic heterocycles. The van der Waals surface area contributed by atoms with Gasteiger partial charge in [0, 0.05) is 33.4 Å². The van der Waals surface area contributed by atoms with Crippen molar-refractivity contribution in [3.8, 4) is 11.8 Å². The van der Waals surface area contributed by atoms with E-state index in [4.69, 9.17) is 11.6 Å². The first kappa shape index (κ1) is 17.3. The van der Waals surface area contributed by atoms with E-state index in [0.29, 0.717) is 27.2 Å². The molecular formula is C20H14ClN3O2. The van der Waals surface area contributed by atoms with Crippen LogP contribution in [0.4, 0.5) is 11.4 Å². The SMILES string of the molecule is N#C/C(=C/Nc1ccc(Cl)cc1)C(=O)Nc1cccc2c(O)cccc12. The van der Waals surface area contributed by atoms with Gasteiger partial charge >= 0.3 is 0 Å². The third-order valence-electron chi connectivity index (χ3n) is 3.74. The molecule has 3 N–H and O–H groups in total. The predicted molar refractivity (Wildman–Crippen MR) is 103 cm³/mol. The minimum Gasteiger partial charge on any atom is -0.507 e. The number of rotatable bonds is 4. The van der Waals surface area contributed by atoms with Gasteiger partial charge in [0.25, 0.3) is 5.91 Å². The van der Waals surface area contributed by atoms with E-state index in [1.807, 2.05) is 6.07 Å². The summed E-state index contributed by atoms with van der Waals surface area (Å²) in [5.41, 5.74) is 1.12. The van der Waals surface area contributed by atoms with E-state index in [0.717, 1.165) is 0 Å². The van der Waals surface area contributed by atoms with Gasteiger partial charge in [-0.25, -0.2) is 0 Å². The van der Waals surface area contributed by atoms with Crippen LogP contribution in [0.1, 0.15) is 0 Å². The zero-order chi connectivity index (χ0) is 18.5. The van der Waals surface area contributed by atoms with E-state index in [1.165, 1.54) is 6.20 Å². The fraction of sp³-hybridized carbons (Fsp3) is 0. The molecule has 0 atom stereocenters. The molecule has 0 fully saturated rings. The van der Waals surface area contributed by atoms with Gasteiger partial charge in [-0.3, -0.25) is 4.79 Å². The van der Waals surface area contributed by atoms with Gasteiger partial charge in [-0.1, -0.05) is 35.9 Å². The third-order valence-corrected chi connectivity index (χ3v) is 3.99. The highest BCUT2D eigenvalue weighted by molar-refractivity contribution is 6.30. The summed E-state index contributed by atoms with van der Waals surface area (Å²) in [5.74, 6) is -0.427. The number of nitrogens with zero attached hydrogens (tertiary/aromatic N) is 1. The summed E-state index contributed by atoms with van der Waals surface area (Å²) >= 11 is 5.82. The number of halogens is 1. The molecule has 26 heavy (non-hydrogen) atoms. The Morgan fingerprint density at radius 3 is 2.46 bits per heavy atom. The lowest BCUT2D eigenvalue weighted by Gasteiger charge is -2.09.